The van der Waals surface area contributed by atoms with E-state index < -0.39 is 0 Å². The zero-order chi connectivity index (χ0) is 12.4. The van der Waals surface area contributed by atoms with Gasteiger partial charge < -0.3 is 4.74 Å². The lowest BCUT2D eigenvalue weighted by atomic mass is 9.84. The van der Waals surface area contributed by atoms with Crippen LogP contribution in [0.5, 0.6) is 0 Å². The molecular formula is C16H16O2. The van der Waals surface area contributed by atoms with Crippen LogP contribution in [0.1, 0.15) is 30.7 Å². The maximum absolute atomic E-state index is 12.3. The summed E-state index contributed by atoms with van der Waals surface area (Å²) in [7, 11) is 0. The molecule has 0 saturated carbocycles. The largest absolute Gasteiger partial charge is 0.494 e. The Kier molecular flexibility index (Phi) is 3.01. The minimum Gasteiger partial charge on any atom is -0.494 e. The molecule has 18 heavy (non-hydrogen) atoms. The van der Waals surface area contributed by atoms with Crippen molar-refractivity contribution in [3.05, 3.63) is 59.4 Å². The van der Waals surface area contributed by atoms with Gasteiger partial charge in [0.25, 0.3) is 0 Å². The highest BCUT2D eigenvalue weighted by Crippen LogP contribution is 2.36. The average molecular weight is 240 g/mol. The summed E-state index contributed by atoms with van der Waals surface area (Å²) < 4.78 is 5.70. The van der Waals surface area contributed by atoms with Crippen LogP contribution >= 0.6 is 0 Å². The minimum atomic E-state index is -0.114. The average Bonchev–Trinajstić information content (AvgIpc) is 2.58. The molecule has 2 aliphatic rings. The van der Waals surface area contributed by atoms with Crippen molar-refractivity contribution < 1.29 is 9.53 Å². The summed E-state index contributed by atoms with van der Waals surface area (Å²) in [5, 5.41) is 0. The van der Waals surface area contributed by atoms with Crippen molar-refractivity contribution in [3.63, 3.8) is 0 Å². The normalized spacial score (nSPS) is 23.3. The number of ether oxygens (including phenoxy) is 1. The molecule has 1 unspecified atom stereocenters. The third-order valence-corrected chi connectivity index (χ3v) is 3.56. The molecule has 0 N–H and O–H groups in total. The first kappa shape index (κ1) is 11.3. The SMILES string of the molecule is O=C1CC=CC2=C(CCCO2)C1c1ccccc1. The Bertz CT molecular complexity index is 511. The summed E-state index contributed by atoms with van der Waals surface area (Å²) in [6.45, 7) is 0.763. The number of carbonyl (C=O) groups excluding carboxylic acids is 1. The summed E-state index contributed by atoms with van der Waals surface area (Å²) in [5.41, 5.74) is 2.25. The maximum atomic E-state index is 12.3. The summed E-state index contributed by atoms with van der Waals surface area (Å²) in [6.07, 6.45) is 6.35. The van der Waals surface area contributed by atoms with Crippen molar-refractivity contribution in [2.24, 2.45) is 0 Å². The molecule has 1 heterocycles. The molecule has 1 aromatic rings. The van der Waals surface area contributed by atoms with Gasteiger partial charge in [0.15, 0.2) is 0 Å². The van der Waals surface area contributed by atoms with Gasteiger partial charge in [-0.25, -0.2) is 0 Å². The summed E-state index contributed by atoms with van der Waals surface area (Å²) in [5.74, 6) is 1.07. The van der Waals surface area contributed by atoms with Gasteiger partial charge in [-0.3, -0.25) is 4.79 Å². The molecule has 0 aromatic heterocycles. The van der Waals surface area contributed by atoms with Gasteiger partial charge in [0.2, 0.25) is 0 Å². The molecule has 1 atom stereocenters. The predicted octanol–water partition coefficient (Wildman–Crippen LogP) is 3.36. The molecule has 0 bridgehead atoms. The van der Waals surface area contributed by atoms with E-state index in [1.54, 1.807) is 0 Å². The quantitative estimate of drug-likeness (QED) is 0.752. The Morgan fingerprint density at radius 1 is 1.17 bits per heavy atom. The number of hydrogen-bond donors (Lipinski definition) is 0. The number of allylic oxidation sites excluding steroid dienone is 3. The van der Waals surface area contributed by atoms with Gasteiger partial charge in [-0.1, -0.05) is 36.4 Å². The lowest BCUT2D eigenvalue weighted by Crippen LogP contribution is -2.18. The Balaban J connectivity index is 2.07. The Hall–Kier alpha value is -1.83. The Morgan fingerprint density at radius 3 is 2.83 bits per heavy atom. The number of ketones is 1. The van der Waals surface area contributed by atoms with Crippen LogP contribution in [-0.4, -0.2) is 12.4 Å². The van der Waals surface area contributed by atoms with Crippen LogP contribution in [0, 0.1) is 0 Å². The second-order valence-corrected chi connectivity index (χ2v) is 4.76. The molecular weight excluding hydrogens is 224 g/mol. The van der Waals surface area contributed by atoms with Crippen LogP contribution < -0.4 is 0 Å². The fraction of sp³-hybridized carbons (Fsp3) is 0.312. The minimum absolute atomic E-state index is 0.114. The van der Waals surface area contributed by atoms with E-state index in [0.29, 0.717) is 6.42 Å². The topological polar surface area (TPSA) is 26.3 Å². The molecule has 1 aliphatic heterocycles. The van der Waals surface area contributed by atoms with Crippen molar-refractivity contribution in [1.29, 1.82) is 0 Å². The van der Waals surface area contributed by atoms with E-state index >= 15 is 0 Å². The van der Waals surface area contributed by atoms with E-state index in [1.165, 1.54) is 0 Å². The smallest absolute Gasteiger partial charge is 0.148 e. The van der Waals surface area contributed by atoms with Crippen molar-refractivity contribution in [2.45, 2.75) is 25.2 Å². The highest BCUT2D eigenvalue weighted by molar-refractivity contribution is 5.90. The molecule has 92 valence electrons. The Morgan fingerprint density at radius 2 is 2.00 bits per heavy atom. The van der Waals surface area contributed by atoms with Crippen LogP contribution in [0.25, 0.3) is 0 Å². The van der Waals surface area contributed by atoms with E-state index in [9.17, 15) is 4.79 Å². The third-order valence-electron chi connectivity index (χ3n) is 3.56. The summed E-state index contributed by atoms with van der Waals surface area (Å²) >= 11 is 0. The van der Waals surface area contributed by atoms with E-state index in [0.717, 1.165) is 36.3 Å². The molecule has 1 aliphatic carbocycles. The fourth-order valence-electron chi connectivity index (χ4n) is 2.73. The third kappa shape index (κ3) is 1.99. The van der Waals surface area contributed by atoms with Gasteiger partial charge in [0, 0.05) is 6.42 Å². The van der Waals surface area contributed by atoms with Crippen LogP contribution in [0.3, 0.4) is 0 Å². The second-order valence-electron chi connectivity index (χ2n) is 4.76. The van der Waals surface area contributed by atoms with Crippen molar-refractivity contribution in [3.8, 4) is 0 Å². The molecule has 0 saturated heterocycles. The lowest BCUT2D eigenvalue weighted by molar-refractivity contribution is -0.119. The van der Waals surface area contributed by atoms with E-state index in [-0.39, 0.29) is 11.7 Å². The first-order chi connectivity index (χ1) is 8.86. The summed E-state index contributed by atoms with van der Waals surface area (Å²) in [6, 6.07) is 10.0. The second kappa shape index (κ2) is 4.81. The number of Topliss-reactive ketones (excluding diaryl/α,β-unsaturated/α-hetero) is 1. The number of rotatable bonds is 1. The monoisotopic (exact) mass is 240 g/mol. The van der Waals surface area contributed by atoms with Crippen LogP contribution in [0.2, 0.25) is 0 Å². The number of carbonyl (C=O) groups is 1. The van der Waals surface area contributed by atoms with E-state index in [4.69, 9.17) is 4.74 Å². The van der Waals surface area contributed by atoms with Crippen LogP contribution in [0.15, 0.2) is 53.8 Å². The number of hydrogen-bond acceptors (Lipinski definition) is 2. The molecule has 0 radical (unpaired) electrons. The van der Waals surface area contributed by atoms with Gasteiger partial charge in [-0.2, -0.15) is 0 Å². The molecule has 0 spiro atoms. The highest BCUT2D eigenvalue weighted by atomic mass is 16.5. The zero-order valence-corrected chi connectivity index (χ0v) is 10.3. The summed E-state index contributed by atoms with van der Waals surface area (Å²) in [4.78, 5) is 12.3. The van der Waals surface area contributed by atoms with Gasteiger partial charge in [-0.05, 0) is 30.1 Å². The molecule has 2 nitrogen and oxygen atoms in total. The molecule has 0 amide bonds. The molecule has 2 heteroatoms. The first-order valence-corrected chi connectivity index (χ1v) is 6.46. The van der Waals surface area contributed by atoms with E-state index in [2.05, 4.69) is 0 Å². The number of benzene rings is 1. The van der Waals surface area contributed by atoms with Crippen LogP contribution in [-0.2, 0) is 9.53 Å². The van der Waals surface area contributed by atoms with Crippen molar-refractivity contribution in [1.82, 2.24) is 0 Å². The standard InChI is InChI=1S/C16H16O2/c17-14-9-4-10-15-13(8-5-11-18-15)16(14)12-6-2-1-3-7-12/h1-4,6-7,10,16H,5,8-9,11H2. The fourth-order valence-corrected chi connectivity index (χ4v) is 2.73. The van der Waals surface area contributed by atoms with Gasteiger partial charge in [0.05, 0.1) is 12.5 Å². The van der Waals surface area contributed by atoms with Crippen molar-refractivity contribution in [2.75, 3.05) is 6.61 Å². The Labute approximate surface area is 107 Å². The first-order valence-electron chi connectivity index (χ1n) is 6.46. The van der Waals surface area contributed by atoms with Gasteiger partial charge >= 0.3 is 0 Å². The maximum Gasteiger partial charge on any atom is 0.148 e. The zero-order valence-electron chi connectivity index (χ0n) is 10.3. The molecule has 0 fully saturated rings. The van der Waals surface area contributed by atoms with Crippen LogP contribution in [0.4, 0.5) is 0 Å². The predicted molar refractivity (Wildman–Crippen MR) is 70.2 cm³/mol. The highest BCUT2D eigenvalue weighted by Gasteiger charge is 2.29. The van der Waals surface area contributed by atoms with Crippen molar-refractivity contribution >= 4 is 5.78 Å². The lowest BCUT2D eigenvalue weighted by Gasteiger charge is -2.24. The van der Waals surface area contributed by atoms with Gasteiger partial charge in [-0.15, -0.1) is 0 Å². The van der Waals surface area contributed by atoms with Gasteiger partial charge in [0.1, 0.15) is 11.5 Å². The molecule has 1 aromatic carbocycles. The molecule has 3 rings (SSSR count). The van der Waals surface area contributed by atoms with E-state index in [1.807, 2.05) is 42.5 Å².